The fourth-order valence-corrected chi connectivity index (χ4v) is 3.06. The lowest BCUT2D eigenvalue weighted by Crippen LogP contribution is -2.26. The third-order valence-electron chi connectivity index (χ3n) is 2.77. The van der Waals surface area contributed by atoms with Crippen LogP contribution in [0.4, 0.5) is 0 Å². The molecule has 0 bridgehead atoms. The Morgan fingerprint density at radius 2 is 2.25 bits per heavy atom. The molecule has 1 aromatic carbocycles. The van der Waals surface area contributed by atoms with E-state index in [-0.39, 0.29) is 11.9 Å². The van der Waals surface area contributed by atoms with Gasteiger partial charge in [0.2, 0.25) is 0 Å². The number of carbonyl (C=O) groups excluding carboxylic acids is 1. The molecule has 4 nitrogen and oxygen atoms in total. The molecule has 2 aromatic rings. The molecule has 1 amide bonds. The average molecular weight is 355 g/mol. The minimum atomic E-state index is -0.131. The highest BCUT2D eigenvalue weighted by atomic mass is 79.9. The van der Waals surface area contributed by atoms with Crippen LogP contribution in [0.5, 0.6) is 5.75 Å². The van der Waals surface area contributed by atoms with E-state index in [0.29, 0.717) is 11.3 Å². The largest absolute Gasteiger partial charge is 0.496 e. The van der Waals surface area contributed by atoms with Gasteiger partial charge < -0.3 is 10.1 Å². The van der Waals surface area contributed by atoms with E-state index < -0.39 is 0 Å². The smallest absolute Gasteiger partial charge is 0.251 e. The highest BCUT2D eigenvalue weighted by Crippen LogP contribution is 2.26. The molecular formula is C14H15BrN2O2S. The Morgan fingerprint density at radius 1 is 1.50 bits per heavy atom. The number of hydrogen-bond acceptors (Lipinski definition) is 4. The molecule has 0 radical (unpaired) electrons. The van der Waals surface area contributed by atoms with E-state index in [1.807, 2.05) is 19.2 Å². The van der Waals surface area contributed by atoms with E-state index in [4.69, 9.17) is 4.74 Å². The normalized spacial score (nSPS) is 12.0. The minimum absolute atomic E-state index is 0.109. The molecule has 0 saturated carbocycles. The van der Waals surface area contributed by atoms with Gasteiger partial charge in [0.1, 0.15) is 10.8 Å². The van der Waals surface area contributed by atoms with E-state index in [1.54, 1.807) is 36.6 Å². The quantitative estimate of drug-likeness (QED) is 0.910. The summed E-state index contributed by atoms with van der Waals surface area (Å²) in [6, 6.07) is 5.13. The van der Waals surface area contributed by atoms with Crippen molar-refractivity contribution in [1.29, 1.82) is 0 Å². The zero-order valence-corrected chi connectivity index (χ0v) is 13.8. The van der Waals surface area contributed by atoms with Gasteiger partial charge in [0.05, 0.1) is 17.6 Å². The van der Waals surface area contributed by atoms with Crippen molar-refractivity contribution in [3.63, 3.8) is 0 Å². The topological polar surface area (TPSA) is 51.2 Å². The second kappa shape index (κ2) is 6.37. The average Bonchev–Trinajstić information content (AvgIpc) is 2.85. The van der Waals surface area contributed by atoms with Gasteiger partial charge in [0.15, 0.2) is 0 Å². The van der Waals surface area contributed by atoms with Crippen LogP contribution in [0.1, 0.15) is 34.0 Å². The van der Waals surface area contributed by atoms with Crippen molar-refractivity contribution in [2.45, 2.75) is 19.9 Å². The van der Waals surface area contributed by atoms with Crippen LogP contribution in [0.25, 0.3) is 0 Å². The van der Waals surface area contributed by atoms with E-state index in [2.05, 4.69) is 26.2 Å². The number of thiazole rings is 1. The number of benzene rings is 1. The number of carbonyl (C=O) groups is 1. The molecule has 0 aliphatic rings. The zero-order valence-electron chi connectivity index (χ0n) is 11.4. The van der Waals surface area contributed by atoms with E-state index in [1.165, 1.54) is 0 Å². The summed E-state index contributed by atoms with van der Waals surface area (Å²) in [5.41, 5.74) is 1.55. The first-order valence-electron chi connectivity index (χ1n) is 6.07. The molecule has 1 heterocycles. The summed E-state index contributed by atoms with van der Waals surface area (Å²) in [5, 5.41) is 5.82. The van der Waals surface area contributed by atoms with Crippen molar-refractivity contribution in [3.05, 3.63) is 44.3 Å². The molecule has 0 aliphatic heterocycles. The summed E-state index contributed by atoms with van der Waals surface area (Å²) in [6.07, 6.45) is 0. The Hall–Kier alpha value is -1.40. The number of halogens is 1. The summed E-state index contributed by atoms with van der Waals surface area (Å²) in [7, 11) is 1.59. The Balaban J connectivity index is 2.10. The maximum atomic E-state index is 12.2. The maximum Gasteiger partial charge on any atom is 0.251 e. The van der Waals surface area contributed by atoms with E-state index in [9.17, 15) is 4.79 Å². The lowest BCUT2D eigenvalue weighted by molar-refractivity contribution is 0.0939. The number of nitrogens with one attached hydrogen (secondary N) is 1. The van der Waals surface area contributed by atoms with E-state index >= 15 is 0 Å². The molecule has 6 heteroatoms. The van der Waals surface area contributed by atoms with Gasteiger partial charge in [-0.1, -0.05) is 0 Å². The Morgan fingerprint density at radius 3 is 2.80 bits per heavy atom. The highest BCUT2D eigenvalue weighted by Gasteiger charge is 2.15. The standard InChI is InChI=1S/C14H15BrN2O2S/c1-8-7-20-14(16-8)9(2)17-13(18)10-4-5-12(19-3)11(15)6-10/h4-7,9H,1-3H3,(H,17,18). The van der Waals surface area contributed by atoms with Crippen LogP contribution in [0, 0.1) is 6.92 Å². The van der Waals surface area contributed by atoms with Gasteiger partial charge in [0.25, 0.3) is 5.91 Å². The molecule has 2 rings (SSSR count). The van der Waals surface area contributed by atoms with Crippen LogP contribution in [-0.2, 0) is 0 Å². The molecule has 0 saturated heterocycles. The predicted octanol–water partition coefficient (Wildman–Crippen LogP) is 3.71. The van der Waals surface area contributed by atoms with Crippen LogP contribution in [-0.4, -0.2) is 18.0 Å². The fourth-order valence-electron chi connectivity index (χ4n) is 1.72. The Labute approximate surface area is 130 Å². The monoisotopic (exact) mass is 354 g/mol. The van der Waals surface area contributed by atoms with Crippen LogP contribution in [0.15, 0.2) is 28.1 Å². The summed E-state index contributed by atoms with van der Waals surface area (Å²) in [4.78, 5) is 16.6. The van der Waals surface area contributed by atoms with Crippen LogP contribution in [0.3, 0.4) is 0 Å². The van der Waals surface area contributed by atoms with Gasteiger partial charge in [-0.2, -0.15) is 0 Å². The minimum Gasteiger partial charge on any atom is -0.496 e. The van der Waals surface area contributed by atoms with Gasteiger partial charge in [0, 0.05) is 16.6 Å². The molecule has 1 atom stereocenters. The van der Waals surface area contributed by atoms with Crippen LogP contribution < -0.4 is 10.1 Å². The number of aryl methyl sites for hydroxylation is 1. The molecule has 20 heavy (non-hydrogen) atoms. The molecule has 0 fully saturated rings. The number of ether oxygens (including phenoxy) is 1. The van der Waals surface area contributed by atoms with Gasteiger partial charge in [-0.3, -0.25) is 4.79 Å². The van der Waals surface area contributed by atoms with E-state index in [0.717, 1.165) is 15.2 Å². The van der Waals surface area contributed by atoms with Gasteiger partial charge in [-0.05, 0) is 48.0 Å². The summed E-state index contributed by atoms with van der Waals surface area (Å²) >= 11 is 4.92. The summed E-state index contributed by atoms with van der Waals surface area (Å²) < 4.78 is 5.90. The SMILES string of the molecule is COc1ccc(C(=O)NC(C)c2nc(C)cs2)cc1Br. The second-order valence-corrected chi connectivity index (χ2v) is 6.12. The lowest BCUT2D eigenvalue weighted by atomic mass is 10.2. The molecule has 1 aromatic heterocycles. The number of methoxy groups -OCH3 is 1. The number of rotatable bonds is 4. The molecule has 0 aliphatic carbocycles. The zero-order chi connectivity index (χ0) is 14.7. The van der Waals surface area contributed by atoms with Crippen molar-refractivity contribution >= 4 is 33.2 Å². The Bertz CT molecular complexity index is 627. The third-order valence-corrected chi connectivity index (χ3v) is 4.53. The maximum absolute atomic E-state index is 12.2. The number of hydrogen-bond donors (Lipinski definition) is 1. The van der Waals surface area contributed by atoms with Crippen LogP contribution >= 0.6 is 27.3 Å². The third kappa shape index (κ3) is 3.37. The van der Waals surface area contributed by atoms with Gasteiger partial charge in [-0.15, -0.1) is 11.3 Å². The van der Waals surface area contributed by atoms with Gasteiger partial charge in [-0.25, -0.2) is 4.98 Å². The highest BCUT2D eigenvalue weighted by molar-refractivity contribution is 9.10. The summed E-state index contributed by atoms with van der Waals surface area (Å²) in [6.45, 7) is 3.86. The van der Waals surface area contributed by atoms with Crippen molar-refractivity contribution in [2.75, 3.05) is 7.11 Å². The van der Waals surface area contributed by atoms with Gasteiger partial charge >= 0.3 is 0 Å². The first-order chi connectivity index (χ1) is 9.51. The number of amides is 1. The molecule has 106 valence electrons. The number of aromatic nitrogens is 1. The Kier molecular flexibility index (Phi) is 4.77. The van der Waals surface area contributed by atoms with Crippen LogP contribution in [0.2, 0.25) is 0 Å². The first-order valence-corrected chi connectivity index (χ1v) is 7.75. The molecule has 1 N–H and O–H groups in total. The van der Waals surface area contributed by atoms with Crippen molar-refractivity contribution in [3.8, 4) is 5.75 Å². The first kappa shape index (κ1) is 15.0. The van der Waals surface area contributed by atoms with Crippen molar-refractivity contribution < 1.29 is 9.53 Å². The van der Waals surface area contributed by atoms with Crippen molar-refractivity contribution in [1.82, 2.24) is 10.3 Å². The second-order valence-electron chi connectivity index (χ2n) is 4.37. The fraction of sp³-hybridized carbons (Fsp3) is 0.286. The van der Waals surface area contributed by atoms with Crippen molar-refractivity contribution in [2.24, 2.45) is 0 Å². The molecular weight excluding hydrogens is 340 g/mol. The molecule has 1 unspecified atom stereocenters. The summed E-state index contributed by atoms with van der Waals surface area (Å²) in [5.74, 6) is 0.568. The molecule has 0 spiro atoms. The lowest BCUT2D eigenvalue weighted by Gasteiger charge is -2.12. The predicted molar refractivity (Wildman–Crippen MR) is 83.4 cm³/mol. The number of nitrogens with zero attached hydrogens (tertiary/aromatic N) is 1.